The first kappa shape index (κ1) is 29.4. The summed E-state index contributed by atoms with van der Waals surface area (Å²) in [6, 6.07) is 0. The van der Waals surface area contributed by atoms with Crippen LogP contribution in [0.5, 0.6) is 0 Å². The van der Waals surface area contributed by atoms with Crippen LogP contribution < -0.4 is 0 Å². The zero-order chi connectivity index (χ0) is 12.9. The Morgan fingerprint density at radius 2 is 0.875 bits per heavy atom. The van der Waals surface area contributed by atoms with Crippen LogP contribution in [0.1, 0.15) is 0 Å². The van der Waals surface area contributed by atoms with E-state index < -0.39 is 0 Å². The molecule has 1 rings (SSSR count). The van der Waals surface area contributed by atoms with Crippen LogP contribution >= 0.6 is 0 Å². The van der Waals surface area contributed by atoms with E-state index in [-0.39, 0.29) is 21.1 Å². The fourth-order valence-corrected chi connectivity index (χ4v) is 0.321. The van der Waals surface area contributed by atoms with Gasteiger partial charge in [0.25, 0.3) is 0 Å². The Balaban J connectivity index is -0.0000000337. The fourth-order valence-electron chi connectivity index (χ4n) is 0.321. The Hall–Kier alpha value is -0.972. The minimum atomic E-state index is 0. The molecule has 0 aliphatic heterocycles. The zero-order valence-electron chi connectivity index (χ0n) is 8.10. The zero-order valence-corrected chi connectivity index (χ0v) is 11.0. The summed E-state index contributed by atoms with van der Waals surface area (Å²) in [7, 11) is 0. The van der Waals surface area contributed by atoms with Crippen molar-refractivity contribution in [2.24, 2.45) is 0 Å². The van der Waals surface area contributed by atoms with Crippen molar-refractivity contribution in [1.82, 2.24) is 0 Å². The second-order valence-electron chi connectivity index (χ2n) is 1.23. The van der Waals surface area contributed by atoms with Gasteiger partial charge in [0.1, 0.15) is 0 Å². The van der Waals surface area contributed by atoms with E-state index in [0.717, 1.165) is 0 Å². The standard InChI is InChI=1S/C5H5.C4H.3CO.W/c1-2-4-5-3-1;1-3-4-2;3*1-2;/h1-5H;1H;;;;/q;-1;;;;+2. The summed E-state index contributed by atoms with van der Waals surface area (Å²) in [5.41, 5.74) is 0. The van der Waals surface area contributed by atoms with Crippen LogP contribution in [0, 0.1) is 76.7 Å². The van der Waals surface area contributed by atoms with Crippen molar-refractivity contribution in [2.45, 2.75) is 0 Å². The Morgan fingerprint density at radius 3 is 0.938 bits per heavy atom. The van der Waals surface area contributed by atoms with Gasteiger partial charge in [0.15, 0.2) is 0 Å². The molecular weight excluding hydrogens is 376 g/mol. The monoisotopic (exact) mass is 382 g/mol. The molecule has 77 valence electrons. The van der Waals surface area contributed by atoms with Gasteiger partial charge in [-0.25, -0.2) is 6.42 Å². The molecule has 1 aliphatic carbocycles. The molecule has 3 nitrogen and oxygen atoms in total. The first-order chi connectivity index (χ1) is 7.41. The maximum absolute atomic E-state index is 7.50. The predicted molar refractivity (Wildman–Crippen MR) is 49.3 cm³/mol. The van der Waals surface area contributed by atoms with E-state index >= 15 is 0 Å². The largest absolute Gasteiger partial charge is 2.00 e. The van der Waals surface area contributed by atoms with Gasteiger partial charge in [0, 0.05) is 0 Å². The van der Waals surface area contributed by atoms with Crippen molar-refractivity contribution in [1.29, 1.82) is 0 Å². The molecule has 0 aromatic heterocycles. The van der Waals surface area contributed by atoms with Crippen LogP contribution in [0.2, 0.25) is 0 Å². The van der Waals surface area contributed by atoms with Crippen LogP contribution in [0.15, 0.2) is 0 Å². The van der Waals surface area contributed by atoms with E-state index in [1.807, 2.05) is 38.0 Å². The molecule has 0 spiro atoms. The first-order valence-electron chi connectivity index (χ1n) is 3.07. The molecule has 0 atom stereocenters. The number of rotatable bonds is 0. The van der Waals surface area contributed by atoms with Crippen LogP contribution in [0.3, 0.4) is 0 Å². The normalized spacial score (nSPS) is 8.50. The average molecular weight is 382 g/mol. The third-order valence-electron chi connectivity index (χ3n) is 0.628. The second-order valence-corrected chi connectivity index (χ2v) is 1.23. The molecule has 0 bridgehead atoms. The molecule has 0 amide bonds. The van der Waals surface area contributed by atoms with E-state index in [2.05, 4.69) is 26.4 Å². The van der Waals surface area contributed by atoms with Crippen molar-refractivity contribution in [3.63, 3.8) is 0 Å². The SMILES string of the molecule is [C-]#CC#C.[C-]#[O+].[C-]#[O+].[C-]#[O+].[CH]1[CH][CH][CH][CH]1.[W+2]. The van der Waals surface area contributed by atoms with Crippen molar-refractivity contribution < 1.29 is 35.0 Å². The number of hydrogen-bond acceptors (Lipinski definition) is 0. The van der Waals surface area contributed by atoms with Gasteiger partial charge in [-0.15, -0.1) is 0 Å². The van der Waals surface area contributed by atoms with E-state index in [9.17, 15) is 0 Å². The quantitative estimate of drug-likeness (QED) is 0.343. The Labute approximate surface area is 112 Å². The van der Waals surface area contributed by atoms with Gasteiger partial charge >= 0.3 is 55.0 Å². The predicted octanol–water partition coefficient (Wildman–Crippen LogP) is 1.12. The number of terminal acetylenes is 1. The summed E-state index contributed by atoms with van der Waals surface area (Å²) in [5, 5.41) is 0. The summed E-state index contributed by atoms with van der Waals surface area (Å²) >= 11 is 0. The molecular formula is C12H6O3W+. The maximum Gasteiger partial charge on any atom is 2.00 e. The third kappa shape index (κ3) is 74.6. The second kappa shape index (κ2) is 65.5. The Kier molecular flexibility index (Phi) is 120. The van der Waals surface area contributed by atoms with Crippen molar-refractivity contribution in [2.75, 3.05) is 0 Å². The van der Waals surface area contributed by atoms with Crippen molar-refractivity contribution >= 4 is 0 Å². The van der Waals surface area contributed by atoms with Crippen LogP contribution in [0.25, 0.3) is 0 Å². The van der Waals surface area contributed by atoms with E-state index in [4.69, 9.17) is 20.4 Å². The molecule has 1 fully saturated rings. The van der Waals surface area contributed by atoms with Crippen LogP contribution in [-0.2, 0) is 35.0 Å². The van der Waals surface area contributed by atoms with Gasteiger partial charge < -0.3 is 6.42 Å². The van der Waals surface area contributed by atoms with Gasteiger partial charge in [-0.1, -0.05) is 0 Å². The Bertz CT molecular complexity index is 189. The van der Waals surface area contributed by atoms with Gasteiger partial charge in [-0.2, -0.15) is 0 Å². The summed E-state index contributed by atoms with van der Waals surface area (Å²) < 4.78 is 22.5. The molecule has 16 heavy (non-hydrogen) atoms. The molecule has 0 aromatic carbocycles. The van der Waals surface area contributed by atoms with Gasteiger partial charge in [0.05, 0.1) is 0 Å². The average Bonchev–Trinajstić information content (AvgIpc) is 2.95. The fraction of sp³-hybridized carbons (Fsp3) is 0. The minimum absolute atomic E-state index is 0. The number of hydrogen-bond donors (Lipinski definition) is 0. The molecule has 0 N–H and O–H groups in total. The maximum atomic E-state index is 7.50. The molecule has 0 heterocycles. The van der Waals surface area contributed by atoms with Crippen molar-refractivity contribution in [3.05, 3.63) is 58.5 Å². The van der Waals surface area contributed by atoms with Gasteiger partial charge in [-0.3, -0.25) is 11.8 Å². The van der Waals surface area contributed by atoms with Gasteiger partial charge in [-0.05, 0) is 32.1 Å². The first-order valence-corrected chi connectivity index (χ1v) is 3.07. The topological polar surface area (TPSA) is 59.7 Å². The minimum Gasteiger partial charge on any atom is -0.0312 e. The van der Waals surface area contributed by atoms with E-state index in [0.29, 0.717) is 0 Å². The summed E-state index contributed by atoms with van der Waals surface area (Å²) in [4.78, 5) is 0. The van der Waals surface area contributed by atoms with E-state index in [1.165, 1.54) is 0 Å². The van der Waals surface area contributed by atoms with Crippen LogP contribution in [-0.4, -0.2) is 0 Å². The third-order valence-corrected chi connectivity index (χ3v) is 0.628. The molecule has 0 saturated heterocycles. The molecule has 1 saturated carbocycles. The Morgan fingerprint density at radius 1 is 0.750 bits per heavy atom. The molecule has 1 aliphatic rings. The van der Waals surface area contributed by atoms with Gasteiger partial charge in [0.2, 0.25) is 0 Å². The van der Waals surface area contributed by atoms with Crippen LogP contribution in [0.4, 0.5) is 0 Å². The summed E-state index contributed by atoms with van der Waals surface area (Å²) in [6.45, 7) is 13.5. The molecule has 4 heteroatoms. The van der Waals surface area contributed by atoms with Crippen molar-refractivity contribution in [3.8, 4) is 18.3 Å². The molecule has 0 aromatic rings. The summed E-state index contributed by atoms with van der Waals surface area (Å²) in [5.74, 6) is 3.56. The summed E-state index contributed by atoms with van der Waals surface area (Å²) in [6.07, 6.45) is 20.4. The molecule has 0 unspecified atom stereocenters. The van der Waals surface area contributed by atoms with E-state index in [1.54, 1.807) is 5.92 Å². The molecule has 5 radical (unpaired) electrons. The smallest absolute Gasteiger partial charge is 0.0312 e.